The quantitative estimate of drug-likeness (QED) is 0.825. The molecule has 5 nitrogen and oxygen atoms in total. The van der Waals surface area contributed by atoms with Gasteiger partial charge in [-0.25, -0.2) is 0 Å². The topological polar surface area (TPSA) is 76.3 Å². The standard InChI is InChI=1S/C16H15F3N2O.C2H5NO/c1-12-4-2-3-5-13(12)9-21(11-22)10-15-7-6-14(8-20-15)16(17,18)19;1-2(3)4/h2-8,11H,9-10H2,1H3;1H3,(H2,3,4). The van der Waals surface area contributed by atoms with Gasteiger partial charge in [-0.2, -0.15) is 13.2 Å². The maximum atomic E-state index is 12.5. The van der Waals surface area contributed by atoms with E-state index < -0.39 is 11.7 Å². The highest BCUT2D eigenvalue weighted by molar-refractivity contribution is 5.70. The molecule has 0 saturated carbocycles. The predicted molar refractivity (Wildman–Crippen MR) is 90.6 cm³/mol. The van der Waals surface area contributed by atoms with E-state index in [-0.39, 0.29) is 12.5 Å². The molecule has 0 bridgehead atoms. The highest BCUT2D eigenvalue weighted by Crippen LogP contribution is 2.28. The number of hydrogen-bond donors (Lipinski definition) is 1. The van der Waals surface area contributed by atoms with E-state index in [1.165, 1.54) is 17.9 Å². The van der Waals surface area contributed by atoms with Crippen LogP contribution in [-0.2, 0) is 28.9 Å². The molecule has 1 aromatic carbocycles. The van der Waals surface area contributed by atoms with E-state index in [1.54, 1.807) is 0 Å². The molecule has 0 unspecified atom stereocenters. The summed E-state index contributed by atoms with van der Waals surface area (Å²) in [6, 6.07) is 9.89. The Kier molecular flexibility index (Phi) is 7.77. The first kappa shape index (κ1) is 21.1. The summed E-state index contributed by atoms with van der Waals surface area (Å²) in [5.41, 5.74) is 6.12. The number of halogens is 3. The lowest BCUT2D eigenvalue weighted by atomic mass is 10.1. The Balaban J connectivity index is 0.000000765. The molecule has 2 N–H and O–H groups in total. The van der Waals surface area contributed by atoms with Gasteiger partial charge < -0.3 is 10.6 Å². The van der Waals surface area contributed by atoms with Crippen molar-refractivity contribution in [3.8, 4) is 0 Å². The third-order valence-corrected chi connectivity index (χ3v) is 3.30. The molecule has 2 rings (SSSR count). The van der Waals surface area contributed by atoms with Gasteiger partial charge in [0.1, 0.15) is 0 Å². The minimum absolute atomic E-state index is 0.163. The lowest BCUT2D eigenvalue weighted by Gasteiger charge is -2.18. The number of carbonyl (C=O) groups excluding carboxylic acids is 2. The molecule has 26 heavy (non-hydrogen) atoms. The van der Waals surface area contributed by atoms with Crippen LogP contribution in [0.25, 0.3) is 0 Å². The number of pyridine rings is 1. The van der Waals surface area contributed by atoms with Gasteiger partial charge in [0.25, 0.3) is 0 Å². The number of benzene rings is 1. The fourth-order valence-electron chi connectivity index (χ4n) is 2.03. The summed E-state index contributed by atoms with van der Waals surface area (Å²) >= 11 is 0. The van der Waals surface area contributed by atoms with Crippen LogP contribution < -0.4 is 5.73 Å². The summed E-state index contributed by atoms with van der Waals surface area (Å²) in [7, 11) is 0. The van der Waals surface area contributed by atoms with Gasteiger partial charge in [0, 0.05) is 19.7 Å². The second kappa shape index (κ2) is 9.55. The molecule has 1 aromatic heterocycles. The molecule has 0 aliphatic heterocycles. The van der Waals surface area contributed by atoms with Crippen LogP contribution >= 0.6 is 0 Å². The summed E-state index contributed by atoms with van der Waals surface area (Å²) in [5, 5.41) is 0. The largest absolute Gasteiger partial charge is 0.417 e. The second-order valence-electron chi connectivity index (χ2n) is 5.58. The molecule has 0 aliphatic rings. The van der Waals surface area contributed by atoms with Crippen LogP contribution in [0.2, 0.25) is 0 Å². The number of alkyl halides is 3. The summed E-state index contributed by atoms with van der Waals surface area (Å²) in [6.07, 6.45) is -2.95. The third kappa shape index (κ3) is 7.33. The van der Waals surface area contributed by atoms with Crippen molar-refractivity contribution in [3.63, 3.8) is 0 Å². The maximum absolute atomic E-state index is 12.5. The normalized spacial score (nSPS) is 10.5. The zero-order valence-electron chi connectivity index (χ0n) is 14.5. The molecule has 0 spiro atoms. The number of primary amides is 1. The van der Waals surface area contributed by atoms with E-state index in [1.807, 2.05) is 31.2 Å². The van der Waals surface area contributed by atoms with Crippen LogP contribution in [-0.4, -0.2) is 22.2 Å². The van der Waals surface area contributed by atoms with Crippen molar-refractivity contribution in [1.82, 2.24) is 9.88 Å². The van der Waals surface area contributed by atoms with Crippen molar-refractivity contribution >= 4 is 12.3 Å². The van der Waals surface area contributed by atoms with Gasteiger partial charge in [0.15, 0.2) is 0 Å². The summed E-state index contributed by atoms with van der Waals surface area (Å²) in [6.45, 7) is 3.80. The zero-order chi connectivity index (χ0) is 19.7. The van der Waals surface area contributed by atoms with Crippen molar-refractivity contribution in [2.75, 3.05) is 0 Å². The van der Waals surface area contributed by atoms with Gasteiger partial charge in [0.2, 0.25) is 12.3 Å². The van der Waals surface area contributed by atoms with Crippen LogP contribution in [0.1, 0.15) is 29.3 Å². The number of rotatable bonds is 5. The van der Waals surface area contributed by atoms with E-state index in [9.17, 15) is 22.8 Å². The van der Waals surface area contributed by atoms with E-state index in [4.69, 9.17) is 0 Å². The number of hydrogen-bond acceptors (Lipinski definition) is 3. The van der Waals surface area contributed by atoms with Gasteiger partial charge in [-0.1, -0.05) is 24.3 Å². The number of aryl methyl sites for hydroxylation is 1. The lowest BCUT2D eigenvalue weighted by molar-refractivity contribution is -0.137. The first-order chi connectivity index (χ1) is 12.1. The summed E-state index contributed by atoms with van der Waals surface area (Å²) < 4.78 is 37.4. The number of carbonyl (C=O) groups is 2. The van der Waals surface area contributed by atoms with Crippen molar-refractivity contribution < 1.29 is 22.8 Å². The summed E-state index contributed by atoms with van der Waals surface area (Å²) in [5.74, 6) is -0.333. The van der Waals surface area contributed by atoms with Gasteiger partial charge in [-0.15, -0.1) is 0 Å². The minimum Gasteiger partial charge on any atom is -0.370 e. The highest BCUT2D eigenvalue weighted by Gasteiger charge is 2.30. The van der Waals surface area contributed by atoms with E-state index in [0.717, 1.165) is 23.4 Å². The van der Waals surface area contributed by atoms with Crippen molar-refractivity contribution in [2.45, 2.75) is 33.1 Å². The predicted octanol–water partition coefficient (Wildman–Crippen LogP) is 3.06. The SMILES string of the molecule is CC(N)=O.Cc1ccccc1CN(C=O)Cc1ccc(C(F)(F)F)cn1. The molecule has 0 fully saturated rings. The monoisotopic (exact) mass is 367 g/mol. The average molecular weight is 367 g/mol. The molecule has 8 heteroatoms. The Morgan fingerprint density at radius 2 is 1.81 bits per heavy atom. The van der Waals surface area contributed by atoms with Crippen LogP contribution in [0, 0.1) is 6.92 Å². The van der Waals surface area contributed by atoms with Crippen LogP contribution in [0.15, 0.2) is 42.6 Å². The Bertz CT molecular complexity index is 727. The van der Waals surface area contributed by atoms with Gasteiger partial charge in [-0.05, 0) is 30.2 Å². The smallest absolute Gasteiger partial charge is 0.370 e. The van der Waals surface area contributed by atoms with E-state index >= 15 is 0 Å². The number of nitrogens with zero attached hydrogens (tertiary/aromatic N) is 2. The Labute approximate surface area is 149 Å². The van der Waals surface area contributed by atoms with Crippen molar-refractivity contribution in [1.29, 1.82) is 0 Å². The zero-order valence-corrected chi connectivity index (χ0v) is 14.5. The van der Waals surface area contributed by atoms with Gasteiger partial charge in [0.05, 0.1) is 17.8 Å². The Morgan fingerprint density at radius 1 is 1.19 bits per heavy atom. The molecule has 1 heterocycles. The number of aromatic nitrogens is 1. The average Bonchev–Trinajstić information content (AvgIpc) is 2.55. The van der Waals surface area contributed by atoms with Gasteiger partial charge >= 0.3 is 6.18 Å². The van der Waals surface area contributed by atoms with Crippen LogP contribution in [0.4, 0.5) is 13.2 Å². The second-order valence-corrected chi connectivity index (χ2v) is 5.58. The highest BCUT2D eigenvalue weighted by atomic mass is 19.4. The Hall–Kier alpha value is -2.90. The summed E-state index contributed by atoms with van der Waals surface area (Å²) in [4.78, 5) is 25.6. The molecule has 0 aliphatic carbocycles. The van der Waals surface area contributed by atoms with E-state index in [2.05, 4.69) is 10.7 Å². The molecular weight excluding hydrogens is 347 g/mol. The van der Waals surface area contributed by atoms with Crippen LogP contribution in [0.3, 0.4) is 0 Å². The van der Waals surface area contributed by atoms with Crippen molar-refractivity contribution in [2.24, 2.45) is 5.73 Å². The molecule has 0 atom stereocenters. The fraction of sp³-hybridized carbons (Fsp3) is 0.278. The van der Waals surface area contributed by atoms with Crippen LogP contribution in [0.5, 0.6) is 0 Å². The lowest BCUT2D eigenvalue weighted by Crippen LogP contribution is -2.22. The molecule has 2 aromatic rings. The minimum atomic E-state index is -4.41. The van der Waals surface area contributed by atoms with Crippen molar-refractivity contribution in [3.05, 3.63) is 65.0 Å². The fourth-order valence-corrected chi connectivity index (χ4v) is 2.03. The molecule has 140 valence electrons. The molecular formula is C18H20F3N3O2. The van der Waals surface area contributed by atoms with E-state index in [0.29, 0.717) is 18.6 Å². The maximum Gasteiger partial charge on any atom is 0.417 e. The number of amides is 2. The first-order valence-corrected chi connectivity index (χ1v) is 7.65. The number of nitrogens with two attached hydrogens (primary N) is 1. The molecule has 0 radical (unpaired) electrons. The first-order valence-electron chi connectivity index (χ1n) is 7.65. The van der Waals surface area contributed by atoms with Gasteiger partial charge in [-0.3, -0.25) is 14.6 Å². The Morgan fingerprint density at radius 3 is 2.27 bits per heavy atom. The molecule has 0 saturated heterocycles. The molecule has 2 amide bonds. The third-order valence-electron chi connectivity index (χ3n) is 3.30.